The van der Waals surface area contributed by atoms with Crippen molar-refractivity contribution >= 4 is 64.3 Å². The number of rotatable bonds is 27. The van der Waals surface area contributed by atoms with Gasteiger partial charge in [0.05, 0.1) is 61.2 Å². The summed E-state index contributed by atoms with van der Waals surface area (Å²) >= 11 is 0. The van der Waals surface area contributed by atoms with Gasteiger partial charge in [0.15, 0.2) is 5.60 Å². The molecule has 2 unspecified atom stereocenters. The average molecular weight is 1120 g/mol. The largest absolute Gasteiger partial charge is 0.458 e. The van der Waals surface area contributed by atoms with Gasteiger partial charge in [-0.15, -0.1) is 0 Å². The van der Waals surface area contributed by atoms with Crippen molar-refractivity contribution in [2.24, 2.45) is 11.8 Å². The number of fused-ring (bicyclic) bond motifs is 5. The molecule has 432 valence electrons. The summed E-state index contributed by atoms with van der Waals surface area (Å²) in [4.78, 5) is 135. The van der Waals surface area contributed by atoms with E-state index in [2.05, 4.69) is 31.9 Å². The highest BCUT2D eigenvalue weighted by Crippen LogP contribution is 2.40. The lowest BCUT2D eigenvalue weighted by atomic mass is 9.86. The van der Waals surface area contributed by atoms with Gasteiger partial charge in [-0.1, -0.05) is 62.8 Å². The van der Waals surface area contributed by atoms with E-state index in [1.165, 1.54) is 21.6 Å². The second-order valence-electron chi connectivity index (χ2n) is 20.1. The molecule has 8 amide bonds. The third-order valence-electron chi connectivity index (χ3n) is 14.6. The fraction of sp³-hybridized carbons (Fsp3) is 0.456. The Kier molecular flexibility index (Phi) is 20.6. The number of aliphatic hydroxyl groups is 1. The van der Waals surface area contributed by atoms with Gasteiger partial charge in [-0.2, -0.15) is 0 Å². The number of nitrogens with zero attached hydrogens (tertiary/aromatic N) is 3. The lowest BCUT2D eigenvalue weighted by Gasteiger charge is -2.31. The molecule has 0 saturated carbocycles. The lowest BCUT2D eigenvalue weighted by Crippen LogP contribution is -2.52. The van der Waals surface area contributed by atoms with Crippen LogP contribution in [0.3, 0.4) is 0 Å². The van der Waals surface area contributed by atoms with Crippen molar-refractivity contribution in [1.29, 1.82) is 0 Å². The van der Waals surface area contributed by atoms with Crippen molar-refractivity contribution in [2.75, 3.05) is 46.1 Å². The van der Waals surface area contributed by atoms with Crippen LogP contribution in [0.15, 0.2) is 65.5 Å². The lowest BCUT2D eigenvalue weighted by molar-refractivity contribution is -0.172. The minimum Gasteiger partial charge on any atom is -0.458 e. The summed E-state index contributed by atoms with van der Waals surface area (Å²) in [5.74, 6) is -5.08. The molecule has 0 spiro atoms. The molecule has 5 heterocycles. The summed E-state index contributed by atoms with van der Waals surface area (Å²) in [5.41, 5.74) is 0.684. The molecule has 3 aliphatic rings. The molecule has 81 heavy (non-hydrogen) atoms. The third-order valence-corrected chi connectivity index (χ3v) is 14.6. The number of alkyl carbamates (subject to hydrolysis) is 1. The van der Waals surface area contributed by atoms with Crippen LogP contribution in [0.25, 0.3) is 22.3 Å². The Labute approximate surface area is 466 Å². The molecule has 7 rings (SSSR count). The summed E-state index contributed by atoms with van der Waals surface area (Å²) < 4.78 is 32.2. The smallest absolute Gasteiger partial charge is 0.407 e. The van der Waals surface area contributed by atoms with Gasteiger partial charge >= 0.3 is 12.1 Å². The van der Waals surface area contributed by atoms with Crippen LogP contribution in [0.4, 0.5) is 9.18 Å². The van der Waals surface area contributed by atoms with E-state index >= 15 is 0 Å². The summed E-state index contributed by atoms with van der Waals surface area (Å²) in [6.45, 7) is 4.80. The van der Waals surface area contributed by atoms with E-state index in [9.17, 15) is 57.4 Å². The zero-order chi connectivity index (χ0) is 58.4. The number of likely N-dealkylation sites (tertiary alicyclic amines) is 1. The number of ether oxygens (including phenoxy) is 3. The first-order valence-electron chi connectivity index (χ1n) is 27.0. The molecule has 2 aromatic heterocycles. The molecule has 23 nitrogen and oxygen atoms in total. The van der Waals surface area contributed by atoms with E-state index in [0.29, 0.717) is 58.3 Å². The van der Waals surface area contributed by atoms with Crippen molar-refractivity contribution in [2.45, 2.75) is 110 Å². The van der Waals surface area contributed by atoms with E-state index in [1.807, 2.05) is 26.0 Å². The fourth-order valence-corrected chi connectivity index (χ4v) is 9.90. The van der Waals surface area contributed by atoms with Crippen LogP contribution in [0, 0.1) is 24.6 Å². The van der Waals surface area contributed by atoms with Crippen molar-refractivity contribution in [3.8, 4) is 11.4 Å². The Morgan fingerprint density at radius 3 is 2.38 bits per heavy atom. The van der Waals surface area contributed by atoms with Crippen LogP contribution < -0.4 is 37.5 Å². The monoisotopic (exact) mass is 1120 g/mol. The van der Waals surface area contributed by atoms with Crippen molar-refractivity contribution in [3.63, 3.8) is 0 Å². The summed E-state index contributed by atoms with van der Waals surface area (Å²) in [6.07, 6.45) is 5.70. The number of halogens is 1. The first-order chi connectivity index (χ1) is 38.8. The molecule has 3 aliphatic heterocycles. The van der Waals surface area contributed by atoms with E-state index in [4.69, 9.17) is 19.2 Å². The molecule has 4 atom stereocenters. The standard InChI is InChI=1S/C57H68FN9O14/c1-5-7-14-33(3)36-23-50(72)66(53(36)74)18-13-9-12-17-46(68)59-27-47(69)60-29-49(71)64-44(22-35-15-10-8-11-16-35)52(73)61-28-48(70)63-32-79-19-20-80-56(77)62-26-38-37-21-34(4)42(58)25-43(37)65-51-39(38)30-67-45(51)24-41-40(54(67)75)31-81-55(76)57(41,78)6-2/h5,7-8,10-11,15-16,21,24-25,33,36,44,78H,6,9,12-14,17-20,22-23,26-32H2,1-4H3,(H,59,68)(H,60,69)(H,61,73)(H,62,77)(H,63,70)(H,64,71)/b7-5-/t33?,36?,44-,57-/m0/s1. The maximum atomic E-state index is 14.9. The van der Waals surface area contributed by atoms with Gasteiger partial charge < -0.3 is 55.8 Å². The molecule has 0 aliphatic carbocycles. The summed E-state index contributed by atoms with van der Waals surface area (Å²) in [6, 6.07) is 12.0. The quantitative estimate of drug-likeness (QED) is 0.0131. The molecule has 0 bridgehead atoms. The Balaban J connectivity index is 0.800. The van der Waals surface area contributed by atoms with E-state index in [-0.39, 0.29) is 112 Å². The van der Waals surface area contributed by atoms with Gasteiger partial charge in [-0.3, -0.25) is 43.3 Å². The highest BCUT2D eigenvalue weighted by molar-refractivity contribution is 6.03. The van der Waals surface area contributed by atoms with Gasteiger partial charge in [0, 0.05) is 54.9 Å². The van der Waals surface area contributed by atoms with Gasteiger partial charge in [0.1, 0.15) is 31.8 Å². The second-order valence-corrected chi connectivity index (χ2v) is 20.1. The number of unbranched alkanes of at least 4 members (excludes halogenated alkanes) is 2. The Morgan fingerprint density at radius 2 is 1.63 bits per heavy atom. The number of nitrogens with one attached hydrogen (secondary N) is 6. The zero-order valence-corrected chi connectivity index (χ0v) is 45.7. The topological polar surface area (TPSA) is 312 Å². The number of carbonyl (C=O) groups is 9. The van der Waals surface area contributed by atoms with Crippen LogP contribution in [0.1, 0.15) is 99.1 Å². The fourth-order valence-electron chi connectivity index (χ4n) is 9.90. The van der Waals surface area contributed by atoms with E-state index < -0.39 is 84.3 Å². The van der Waals surface area contributed by atoms with Crippen LogP contribution in [-0.2, 0) is 84.3 Å². The molecule has 4 aromatic rings. The van der Waals surface area contributed by atoms with Gasteiger partial charge in [-0.25, -0.2) is 19.0 Å². The maximum absolute atomic E-state index is 14.9. The van der Waals surface area contributed by atoms with Crippen LogP contribution in [-0.4, -0.2) is 125 Å². The number of esters is 1. The highest BCUT2D eigenvalue weighted by Gasteiger charge is 2.46. The molecular weight excluding hydrogens is 1050 g/mol. The molecule has 2 aromatic carbocycles. The summed E-state index contributed by atoms with van der Waals surface area (Å²) in [5, 5.41) is 26.9. The normalized spacial score (nSPS) is 16.9. The van der Waals surface area contributed by atoms with Crippen molar-refractivity contribution < 1.29 is 66.9 Å². The average Bonchev–Trinajstić information content (AvgIpc) is 2.67. The first kappa shape index (κ1) is 60.3. The number of aryl methyl sites for hydroxylation is 1. The molecule has 0 radical (unpaired) electrons. The van der Waals surface area contributed by atoms with E-state index in [1.54, 1.807) is 50.2 Å². The predicted octanol–water partition coefficient (Wildman–Crippen LogP) is 2.46. The molecule has 24 heteroatoms. The van der Waals surface area contributed by atoms with Crippen molar-refractivity contribution in [3.05, 3.63) is 110 Å². The van der Waals surface area contributed by atoms with Crippen molar-refractivity contribution in [1.82, 2.24) is 46.4 Å². The zero-order valence-electron chi connectivity index (χ0n) is 45.7. The van der Waals surface area contributed by atoms with Crippen LogP contribution in [0.2, 0.25) is 0 Å². The predicted molar refractivity (Wildman–Crippen MR) is 289 cm³/mol. The minimum atomic E-state index is -2.05. The maximum Gasteiger partial charge on any atom is 0.407 e. The number of amides is 8. The number of aromatic nitrogens is 2. The third kappa shape index (κ3) is 14.9. The second kappa shape index (κ2) is 27.7. The molecule has 1 fully saturated rings. The van der Waals surface area contributed by atoms with Crippen LogP contribution in [0.5, 0.6) is 0 Å². The number of allylic oxidation sites excluding steroid dienone is 2. The van der Waals surface area contributed by atoms with Gasteiger partial charge in [0.25, 0.3) is 5.56 Å². The SMILES string of the molecule is C/C=C\CC(C)C1CC(=O)N(CCCCCC(=O)NCC(=O)NCC(=O)N[C@@H](Cc2ccccc2)C(=O)NCC(=O)NCOCCOC(=O)NCc2c3c(nc4cc(F)c(C)cc24)-c2cc4c(c(=O)n2C3)COC(=O)[C@]4(O)CC)C1=O. The number of imide groups is 1. The first-order valence-corrected chi connectivity index (χ1v) is 27.0. The van der Waals surface area contributed by atoms with E-state index in [0.717, 1.165) is 6.42 Å². The molecule has 7 N–H and O–H groups in total. The Morgan fingerprint density at radius 1 is 0.901 bits per heavy atom. The molecule has 1 saturated heterocycles. The number of cyclic esters (lactones) is 1. The van der Waals surface area contributed by atoms with Crippen LogP contribution >= 0.6 is 0 Å². The number of carbonyl (C=O) groups excluding carboxylic acids is 9. The number of hydrogen-bond donors (Lipinski definition) is 7. The highest BCUT2D eigenvalue weighted by atomic mass is 19.1. The number of benzene rings is 2. The Hall–Kier alpha value is -8.38. The van der Waals surface area contributed by atoms with Gasteiger partial charge in [0.2, 0.25) is 41.4 Å². The molecular formula is C57H68FN9O14. The Bertz CT molecular complexity index is 3170. The van der Waals surface area contributed by atoms with Gasteiger partial charge in [-0.05, 0) is 74.3 Å². The number of hydrogen-bond acceptors (Lipinski definition) is 15. The summed E-state index contributed by atoms with van der Waals surface area (Å²) in [7, 11) is 0. The number of pyridine rings is 2. The minimum absolute atomic E-state index is 0.0290.